The van der Waals surface area contributed by atoms with Crippen molar-refractivity contribution in [3.05, 3.63) is 52.1 Å². The van der Waals surface area contributed by atoms with Gasteiger partial charge in [-0.15, -0.1) is 0 Å². The molecule has 0 saturated carbocycles. The molecule has 1 aliphatic carbocycles. The number of benzene rings is 2. The Kier molecular flexibility index (Phi) is 5.70. The Morgan fingerprint density at radius 3 is 2.13 bits per heavy atom. The number of nitrogens with one attached hydrogen (secondary N) is 1. The summed E-state index contributed by atoms with van der Waals surface area (Å²) in [5.74, 6) is -4.87. The molecule has 0 radical (unpaired) electrons. The van der Waals surface area contributed by atoms with Crippen molar-refractivity contribution in [3.63, 3.8) is 0 Å². The van der Waals surface area contributed by atoms with Gasteiger partial charge in [-0.05, 0) is 24.1 Å². The van der Waals surface area contributed by atoms with Gasteiger partial charge in [0.15, 0.2) is 5.78 Å². The van der Waals surface area contributed by atoms with Crippen LogP contribution < -0.4 is 5.32 Å². The minimum Gasteiger partial charge on any atom is -0.508 e. The standard InChI is InChI=1S/C22H21NO8/c1-4-9(2)18(22(30)31-3)23-21(29)10-5-12-16(14(25)6-10)20(28)17-13(19(12)27)7-11(24)8-15(17)26/h5-9,18,24-26H,4H2,1-3H3,(H,23,29). The summed E-state index contributed by atoms with van der Waals surface area (Å²) in [6.45, 7) is 3.59. The maximum Gasteiger partial charge on any atom is 0.328 e. The van der Waals surface area contributed by atoms with Crippen molar-refractivity contribution in [2.24, 2.45) is 5.92 Å². The molecule has 1 aliphatic rings. The second kappa shape index (κ2) is 8.10. The van der Waals surface area contributed by atoms with Gasteiger partial charge in [0.25, 0.3) is 5.91 Å². The first-order valence-corrected chi connectivity index (χ1v) is 9.51. The summed E-state index contributed by atoms with van der Waals surface area (Å²) in [5, 5.41) is 32.6. The van der Waals surface area contributed by atoms with Crippen LogP contribution in [-0.2, 0) is 9.53 Å². The van der Waals surface area contributed by atoms with Crippen LogP contribution in [0.4, 0.5) is 0 Å². The highest BCUT2D eigenvalue weighted by Gasteiger charge is 2.36. The van der Waals surface area contributed by atoms with Gasteiger partial charge in [0.2, 0.25) is 5.78 Å². The van der Waals surface area contributed by atoms with E-state index in [1.807, 2.05) is 6.92 Å². The van der Waals surface area contributed by atoms with E-state index in [1.165, 1.54) is 7.11 Å². The molecule has 0 saturated heterocycles. The van der Waals surface area contributed by atoms with Gasteiger partial charge < -0.3 is 25.4 Å². The highest BCUT2D eigenvalue weighted by molar-refractivity contribution is 6.30. The van der Waals surface area contributed by atoms with Crippen LogP contribution in [0.3, 0.4) is 0 Å². The van der Waals surface area contributed by atoms with Crippen molar-refractivity contribution in [3.8, 4) is 17.2 Å². The average molecular weight is 427 g/mol. The SMILES string of the molecule is CCC(C)C(NC(=O)c1cc(O)c2c(c1)C(=O)c1cc(O)cc(O)c1C2=O)C(=O)OC. The smallest absolute Gasteiger partial charge is 0.328 e. The van der Waals surface area contributed by atoms with Crippen LogP contribution in [0, 0.1) is 5.92 Å². The number of fused-ring (bicyclic) bond motifs is 2. The molecule has 2 aromatic carbocycles. The third kappa shape index (κ3) is 3.70. The van der Waals surface area contributed by atoms with E-state index < -0.39 is 46.7 Å². The number of phenols is 3. The van der Waals surface area contributed by atoms with E-state index in [4.69, 9.17) is 4.74 Å². The number of phenolic OH excluding ortho intramolecular Hbond substituents is 3. The van der Waals surface area contributed by atoms with Crippen molar-refractivity contribution in [1.29, 1.82) is 0 Å². The number of aromatic hydroxyl groups is 3. The molecule has 0 spiro atoms. The summed E-state index contributed by atoms with van der Waals surface area (Å²) in [6, 6.07) is 3.12. The first-order valence-electron chi connectivity index (χ1n) is 9.51. The molecule has 9 heteroatoms. The molecule has 0 heterocycles. The molecule has 0 fully saturated rings. The van der Waals surface area contributed by atoms with Crippen molar-refractivity contribution < 1.29 is 39.2 Å². The molecule has 9 nitrogen and oxygen atoms in total. The second-order valence-electron chi connectivity index (χ2n) is 7.32. The molecule has 162 valence electrons. The van der Waals surface area contributed by atoms with Gasteiger partial charge in [0.1, 0.15) is 23.3 Å². The molecular formula is C22H21NO8. The van der Waals surface area contributed by atoms with E-state index in [-0.39, 0.29) is 33.7 Å². The maximum atomic E-state index is 12.9. The lowest BCUT2D eigenvalue weighted by molar-refractivity contribution is -0.144. The summed E-state index contributed by atoms with van der Waals surface area (Å²) in [6.07, 6.45) is 0.576. The molecule has 2 unspecified atom stereocenters. The zero-order valence-corrected chi connectivity index (χ0v) is 17.1. The normalized spacial score (nSPS) is 14.3. The predicted octanol–water partition coefficient (Wildman–Crippen LogP) is 1.90. The quantitative estimate of drug-likeness (QED) is 0.451. The average Bonchev–Trinajstić information content (AvgIpc) is 2.73. The molecule has 2 atom stereocenters. The summed E-state index contributed by atoms with van der Waals surface area (Å²) >= 11 is 0. The lowest BCUT2D eigenvalue weighted by Crippen LogP contribution is -2.45. The van der Waals surface area contributed by atoms with E-state index in [9.17, 15) is 34.5 Å². The fourth-order valence-electron chi connectivity index (χ4n) is 3.50. The summed E-state index contributed by atoms with van der Waals surface area (Å²) in [5.41, 5.74) is -1.36. The van der Waals surface area contributed by atoms with E-state index in [0.29, 0.717) is 6.42 Å². The van der Waals surface area contributed by atoms with E-state index in [2.05, 4.69) is 5.32 Å². The molecule has 0 aliphatic heterocycles. The fraction of sp³-hybridized carbons (Fsp3) is 0.273. The number of carbonyl (C=O) groups is 4. The van der Waals surface area contributed by atoms with Crippen LogP contribution in [0.5, 0.6) is 17.2 Å². The Bertz CT molecular complexity index is 1120. The maximum absolute atomic E-state index is 12.9. The van der Waals surface area contributed by atoms with E-state index in [0.717, 1.165) is 24.3 Å². The lowest BCUT2D eigenvalue weighted by atomic mass is 9.82. The van der Waals surface area contributed by atoms with Gasteiger partial charge in [-0.25, -0.2) is 4.79 Å². The van der Waals surface area contributed by atoms with Crippen molar-refractivity contribution in [2.45, 2.75) is 26.3 Å². The molecule has 0 aromatic heterocycles. The van der Waals surface area contributed by atoms with Crippen LogP contribution in [0.2, 0.25) is 0 Å². The molecule has 2 aromatic rings. The van der Waals surface area contributed by atoms with Gasteiger partial charge in [0.05, 0.1) is 18.2 Å². The van der Waals surface area contributed by atoms with E-state index >= 15 is 0 Å². The van der Waals surface area contributed by atoms with Crippen LogP contribution in [0.1, 0.15) is 62.5 Å². The van der Waals surface area contributed by atoms with Crippen molar-refractivity contribution in [1.82, 2.24) is 5.32 Å². The monoisotopic (exact) mass is 427 g/mol. The number of hydrogen-bond donors (Lipinski definition) is 4. The minimum absolute atomic E-state index is 0.151. The Labute approximate surface area is 177 Å². The van der Waals surface area contributed by atoms with Crippen molar-refractivity contribution >= 4 is 23.4 Å². The molecule has 1 amide bonds. The van der Waals surface area contributed by atoms with Crippen LogP contribution in [-0.4, -0.2) is 51.9 Å². The first kappa shape index (κ1) is 21.8. The van der Waals surface area contributed by atoms with E-state index in [1.54, 1.807) is 6.92 Å². The Hall–Kier alpha value is -3.88. The van der Waals surface area contributed by atoms with Crippen molar-refractivity contribution in [2.75, 3.05) is 7.11 Å². The molecule has 4 N–H and O–H groups in total. The zero-order valence-electron chi connectivity index (χ0n) is 17.1. The van der Waals surface area contributed by atoms with Crippen LogP contribution in [0.15, 0.2) is 24.3 Å². The summed E-state index contributed by atoms with van der Waals surface area (Å²) in [7, 11) is 1.20. The minimum atomic E-state index is -0.951. The Balaban J connectivity index is 2.05. The number of ketones is 2. The summed E-state index contributed by atoms with van der Waals surface area (Å²) < 4.78 is 4.73. The Morgan fingerprint density at radius 2 is 1.55 bits per heavy atom. The fourth-order valence-corrected chi connectivity index (χ4v) is 3.50. The number of esters is 1. The summed E-state index contributed by atoms with van der Waals surface area (Å²) in [4.78, 5) is 50.5. The topological polar surface area (TPSA) is 150 Å². The van der Waals surface area contributed by atoms with Crippen LogP contribution >= 0.6 is 0 Å². The molecule has 3 rings (SSSR count). The highest BCUT2D eigenvalue weighted by atomic mass is 16.5. The molecule has 0 bridgehead atoms. The second-order valence-corrected chi connectivity index (χ2v) is 7.32. The number of amides is 1. The molecule has 31 heavy (non-hydrogen) atoms. The van der Waals surface area contributed by atoms with Gasteiger partial charge in [-0.2, -0.15) is 0 Å². The third-order valence-corrected chi connectivity index (χ3v) is 5.38. The zero-order chi connectivity index (χ0) is 23.0. The number of methoxy groups -OCH3 is 1. The first-order chi connectivity index (χ1) is 14.6. The van der Waals surface area contributed by atoms with Crippen LogP contribution in [0.25, 0.3) is 0 Å². The molecular weight excluding hydrogens is 406 g/mol. The lowest BCUT2D eigenvalue weighted by Gasteiger charge is -2.23. The third-order valence-electron chi connectivity index (χ3n) is 5.38. The number of rotatable bonds is 5. The largest absolute Gasteiger partial charge is 0.508 e. The van der Waals surface area contributed by atoms with Gasteiger partial charge in [0, 0.05) is 22.8 Å². The number of carbonyl (C=O) groups excluding carboxylic acids is 4. The van der Waals surface area contributed by atoms with Gasteiger partial charge in [-0.1, -0.05) is 20.3 Å². The van der Waals surface area contributed by atoms with Gasteiger partial charge >= 0.3 is 5.97 Å². The predicted molar refractivity (Wildman–Crippen MR) is 107 cm³/mol. The van der Waals surface area contributed by atoms with Gasteiger partial charge in [-0.3, -0.25) is 14.4 Å². The Morgan fingerprint density at radius 1 is 0.968 bits per heavy atom. The number of ether oxygens (including phenoxy) is 1. The highest BCUT2D eigenvalue weighted by Crippen LogP contribution is 2.39. The number of hydrogen-bond acceptors (Lipinski definition) is 8.